The van der Waals surface area contributed by atoms with E-state index >= 15 is 0 Å². The van der Waals surface area contributed by atoms with Gasteiger partial charge in [-0.15, -0.1) is 0 Å². The van der Waals surface area contributed by atoms with E-state index in [0.717, 1.165) is 40.1 Å². The minimum atomic E-state index is -0.635. The van der Waals surface area contributed by atoms with Gasteiger partial charge in [-0.3, -0.25) is 9.78 Å². The predicted octanol–water partition coefficient (Wildman–Crippen LogP) is 3.37. The Morgan fingerprint density at radius 1 is 1.16 bits per heavy atom. The highest BCUT2D eigenvalue weighted by molar-refractivity contribution is 5.94. The van der Waals surface area contributed by atoms with Crippen molar-refractivity contribution in [2.45, 2.75) is 39.3 Å². The fourth-order valence-electron chi connectivity index (χ4n) is 3.91. The average Bonchev–Trinajstić information content (AvgIpc) is 2.98. The van der Waals surface area contributed by atoms with Crippen LogP contribution in [-0.2, 0) is 23.3 Å². The van der Waals surface area contributed by atoms with Gasteiger partial charge in [-0.05, 0) is 25.3 Å². The number of aryl methyl sites for hydroxylation is 1. The lowest BCUT2D eigenvalue weighted by Crippen LogP contribution is -2.50. The van der Waals surface area contributed by atoms with Crippen LogP contribution in [0.25, 0.3) is 22.2 Å². The van der Waals surface area contributed by atoms with Crippen LogP contribution in [0.3, 0.4) is 0 Å². The van der Waals surface area contributed by atoms with Gasteiger partial charge in [0.05, 0.1) is 17.9 Å². The monoisotopic (exact) mass is 334 g/mol. The number of benzene rings is 1. The second kappa shape index (κ2) is 5.41. The van der Waals surface area contributed by atoms with Crippen molar-refractivity contribution < 1.29 is 4.79 Å². The number of amides is 1. The molecule has 1 aliphatic heterocycles. The molecule has 0 fully saturated rings. The summed E-state index contributed by atoms with van der Waals surface area (Å²) in [5, 5.41) is 2.23. The summed E-state index contributed by atoms with van der Waals surface area (Å²) in [5.74, 6) is 1.05. The van der Waals surface area contributed by atoms with Gasteiger partial charge in [0.15, 0.2) is 0 Å². The highest BCUT2D eigenvalue weighted by Crippen LogP contribution is 2.36. The van der Waals surface area contributed by atoms with E-state index in [9.17, 15) is 4.79 Å². The maximum Gasteiger partial charge on any atom is 0.248 e. The summed E-state index contributed by atoms with van der Waals surface area (Å²) in [4.78, 5) is 24.0. The molecule has 0 atom stereocenters. The molecule has 1 aromatic carbocycles. The van der Waals surface area contributed by atoms with Crippen LogP contribution in [0.5, 0.6) is 0 Å². The number of likely N-dealkylation sites (N-methyl/N-ethyl adjacent to an activating group) is 1. The summed E-state index contributed by atoms with van der Waals surface area (Å²) in [7, 11) is 1.85. The predicted molar refractivity (Wildman–Crippen MR) is 98.1 cm³/mol. The van der Waals surface area contributed by atoms with E-state index in [1.165, 1.54) is 0 Å². The van der Waals surface area contributed by atoms with Crippen LogP contribution in [0, 0.1) is 0 Å². The molecule has 0 N–H and O–H groups in total. The van der Waals surface area contributed by atoms with Gasteiger partial charge in [0.25, 0.3) is 0 Å². The van der Waals surface area contributed by atoms with E-state index in [1.54, 1.807) is 4.90 Å². The Kier molecular flexibility index (Phi) is 3.42. The van der Waals surface area contributed by atoms with E-state index in [-0.39, 0.29) is 5.91 Å². The van der Waals surface area contributed by atoms with Gasteiger partial charge in [0.1, 0.15) is 17.1 Å². The lowest BCUT2D eigenvalue weighted by molar-refractivity contribution is -0.140. The molecular formula is C20H22N4O. The van der Waals surface area contributed by atoms with E-state index in [2.05, 4.69) is 28.6 Å². The van der Waals surface area contributed by atoms with Crippen molar-refractivity contribution in [3.63, 3.8) is 0 Å². The van der Waals surface area contributed by atoms with Crippen LogP contribution in [0.2, 0.25) is 0 Å². The van der Waals surface area contributed by atoms with Crippen molar-refractivity contribution in [2.75, 3.05) is 7.05 Å². The second-order valence-corrected chi connectivity index (χ2v) is 7.11. The molecule has 0 radical (unpaired) electrons. The highest BCUT2D eigenvalue weighted by Gasteiger charge is 2.41. The first-order chi connectivity index (χ1) is 11.9. The molecule has 0 aliphatic carbocycles. The zero-order chi connectivity index (χ0) is 17.8. The molecule has 3 heterocycles. The lowest BCUT2D eigenvalue weighted by Gasteiger charge is -2.38. The van der Waals surface area contributed by atoms with Crippen LogP contribution in [0.1, 0.15) is 32.3 Å². The molecule has 4 rings (SSSR count). The molecule has 1 aliphatic rings. The summed E-state index contributed by atoms with van der Waals surface area (Å²) >= 11 is 0. The number of pyridine rings is 1. The maximum atomic E-state index is 12.7. The van der Waals surface area contributed by atoms with Gasteiger partial charge in [0.2, 0.25) is 5.91 Å². The number of imidazole rings is 1. The first-order valence-corrected chi connectivity index (χ1v) is 8.65. The molecule has 1 amide bonds. The molecule has 128 valence electrons. The number of rotatable bonds is 2. The number of aromatic nitrogens is 3. The van der Waals surface area contributed by atoms with Gasteiger partial charge in [-0.2, -0.15) is 0 Å². The van der Waals surface area contributed by atoms with Crippen LogP contribution in [-0.4, -0.2) is 32.4 Å². The molecule has 5 heteroatoms. The molecule has 2 aromatic heterocycles. The zero-order valence-corrected chi connectivity index (χ0v) is 15.1. The number of carbonyl (C=O) groups excluding carboxylic acids is 1. The van der Waals surface area contributed by atoms with Crippen LogP contribution in [0.15, 0.2) is 36.5 Å². The number of hydrogen-bond donors (Lipinski definition) is 0. The zero-order valence-electron chi connectivity index (χ0n) is 15.1. The first kappa shape index (κ1) is 15.8. The van der Waals surface area contributed by atoms with E-state index in [0.29, 0.717) is 6.54 Å². The Morgan fingerprint density at radius 3 is 2.68 bits per heavy atom. The third-order valence-electron chi connectivity index (χ3n) is 5.07. The molecule has 5 nitrogen and oxygen atoms in total. The van der Waals surface area contributed by atoms with Crippen molar-refractivity contribution in [3.8, 4) is 11.4 Å². The standard InChI is InChI=1S/C20H22N4O/c1-5-16-22-18(15-12-23(4)19(25)20(2,3)24(15)16)17-14-9-7-6-8-13(14)10-11-21-17/h6-11H,5,12H2,1-4H3. The maximum absolute atomic E-state index is 12.7. The lowest BCUT2D eigenvalue weighted by atomic mass is 9.98. The SMILES string of the molecule is CCc1nc(-c2nccc3ccccc23)c2n1C(C)(C)C(=O)N(C)C2. The second-order valence-electron chi connectivity index (χ2n) is 7.11. The van der Waals surface area contributed by atoms with Crippen molar-refractivity contribution in [3.05, 3.63) is 48.0 Å². The minimum Gasteiger partial charge on any atom is -0.338 e. The average molecular weight is 334 g/mol. The normalized spacial score (nSPS) is 16.3. The van der Waals surface area contributed by atoms with Gasteiger partial charge in [-0.1, -0.05) is 31.2 Å². The van der Waals surface area contributed by atoms with Crippen molar-refractivity contribution in [1.29, 1.82) is 0 Å². The van der Waals surface area contributed by atoms with Gasteiger partial charge in [0, 0.05) is 25.1 Å². The quantitative estimate of drug-likeness (QED) is 0.722. The molecular weight excluding hydrogens is 312 g/mol. The fraction of sp³-hybridized carbons (Fsp3) is 0.350. The van der Waals surface area contributed by atoms with Crippen molar-refractivity contribution in [1.82, 2.24) is 19.4 Å². The largest absolute Gasteiger partial charge is 0.338 e. The summed E-state index contributed by atoms with van der Waals surface area (Å²) < 4.78 is 2.12. The summed E-state index contributed by atoms with van der Waals surface area (Å²) in [6.07, 6.45) is 2.61. The third kappa shape index (κ3) is 2.18. The van der Waals surface area contributed by atoms with E-state index in [4.69, 9.17) is 4.98 Å². The van der Waals surface area contributed by atoms with Crippen molar-refractivity contribution >= 4 is 16.7 Å². The number of fused-ring (bicyclic) bond motifs is 2. The van der Waals surface area contributed by atoms with Crippen LogP contribution < -0.4 is 0 Å². The van der Waals surface area contributed by atoms with Gasteiger partial charge < -0.3 is 9.47 Å². The number of hydrogen-bond acceptors (Lipinski definition) is 3. The van der Waals surface area contributed by atoms with Gasteiger partial charge >= 0.3 is 0 Å². The van der Waals surface area contributed by atoms with Gasteiger partial charge in [-0.25, -0.2) is 4.98 Å². The molecule has 0 unspecified atom stereocenters. The smallest absolute Gasteiger partial charge is 0.248 e. The summed E-state index contributed by atoms with van der Waals surface area (Å²) in [6.45, 7) is 6.57. The fourth-order valence-corrected chi connectivity index (χ4v) is 3.91. The van der Waals surface area contributed by atoms with Crippen LogP contribution >= 0.6 is 0 Å². The van der Waals surface area contributed by atoms with E-state index < -0.39 is 5.54 Å². The summed E-state index contributed by atoms with van der Waals surface area (Å²) in [5.41, 5.74) is 2.21. The van der Waals surface area contributed by atoms with Crippen molar-refractivity contribution in [2.24, 2.45) is 0 Å². The Balaban J connectivity index is 2.04. The topological polar surface area (TPSA) is 51.0 Å². The molecule has 3 aromatic rings. The molecule has 0 spiro atoms. The Morgan fingerprint density at radius 2 is 1.92 bits per heavy atom. The Hall–Kier alpha value is -2.69. The summed E-state index contributed by atoms with van der Waals surface area (Å²) in [6, 6.07) is 10.2. The number of nitrogens with zero attached hydrogens (tertiary/aromatic N) is 4. The Bertz CT molecular complexity index is 981. The highest BCUT2D eigenvalue weighted by atomic mass is 16.2. The number of carbonyl (C=O) groups is 1. The molecule has 0 bridgehead atoms. The minimum absolute atomic E-state index is 0.115. The molecule has 0 saturated heterocycles. The van der Waals surface area contributed by atoms with E-state index in [1.807, 2.05) is 45.3 Å². The molecule has 25 heavy (non-hydrogen) atoms. The Labute approximate surface area is 147 Å². The first-order valence-electron chi connectivity index (χ1n) is 8.65. The third-order valence-corrected chi connectivity index (χ3v) is 5.07. The molecule has 0 saturated carbocycles. The van der Waals surface area contributed by atoms with Crippen LogP contribution in [0.4, 0.5) is 0 Å².